The van der Waals surface area contributed by atoms with Gasteiger partial charge >= 0.3 is 11.9 Å². The molecule has 0 rings (SSSR count). The average molecular weight is 347 g/mol. The highest BCUT2D eigenvalue weighted by molar-refractivity contribution is 5.70. The molecule has 4 atom stereocenters. The highest BCUT2D eigenvalue weighted by Gasteiger charge is 2.18. The van der Waals surface area contributed by atoms with Crippen molar-refractivity contribution in [1.29, 1.82) is 0 Å². The van der Waals surface area contributed by atoms with Crippen molar-refractivity contribution in [2.75, 3.05) is 13.1 Å². The van der Waals surface area contributed by atoms with Crippen LogP contribution in [0.1, 0.15) is 66.2 Å². The summed E-state index contributed by atoms with van der Waals surface area (Å²) < 4.78 is 0. The number of carbonyl (C=O) groups is 2. The fourth-order valence-corrected chi connectivity index (χ4v) is 2.79. The number of nitrogens with two attached hydrogens (primary N) is 2. The van der Waals surface area contributed by atoms with Crippen LogP contribution >= 0.6 is 0 Å². The highest BCUT2D eigenvalue weighted by Crippen LogP contribution is 2.17. The molecule has 0 aliphatic carbocycles. The van der Waals surface area contributed by atoms with E-state index in [0.717, 1.165) is 25.7 Å². The number of hydrogen-bond donors (Lipinski definition) is 4. The van der Waals surface area contributed by atoms with Crippen LogP contribution in [-0.4, -0.2) is 35.2 Å². The highest BCUT2D eigenvalue weighted by atomic mass is 16.4. The predicted octanol–water partition coefficient (Wildman–Crippen LogP) is 2.94. The Morgan fingerprint density at radius 2 is 1.08 bits per heavy atom. The molecule has 24 heavy (non-hydrogen) atoms. The topological polar surface area (TPSA) is 127 Å². The third-order valence-corrected chi connectivity index (χ3v) is 4.20. The molecular formula is C18H38N2O4. The Hall–Kier alpha value is -1.14. The molecule has 0 aromatic heterocycles. The van der Waals surface area contributed by atoms with Crippen LogP contribution in [0, 0.1) is 23.7 Å². The summed E-state index contributed by atoms with van der Waals surface area (Å²) in [7, 11) is 0. The molecule has 6 heteroatoms. The number of carboxylic acid groups (broad SMARTS) is 2. The van der Waals surface area contributed by atoms with Crippen LogP contribution in [0.5, 0.6) is 0 Å². The van der Waals surface area contributed by atoms with Crippen LogP contribution in [0.4, 0.5) is 0 Å². The molecule has 0 aliphatic heterocycles. The molecule has 0 aromatic carbocycles. The third kappa shape index (κ3) is 13.3. The van der Waals surface area contributed by atoms with Crippen molar-refractivity contribution >= 4 is 11.9 Å². The Bertz CT molecular complexity index is 305. The smallest absolute Gasteiger partial charge is 0.307 e. The first-order valence-electron chi connectivity index (χ1n) is 9.08. The molecule has 0 saturated carbocycles. The van der Waals surface area contributed by atoms with Crippen molar-refractivity contribution in [2.24, 2.45) is 35.1 Å². The zero-order valence-corrected chi connectivity index (χ0v) is 15.8. The van der Waals surface area contributed by atoms with Crippen molar-refractivity contribution in [2.45, 2.75) is 66.2 Å². The van der Waals surface area contributed by atoms with Gasteiger partial charge in [-0.2, -0.15) is 0 Å². The summed E-state index contributed by atoms with van der Waals surface area (Å²) >= 11 is 0. The molecule has 0 saturated heterocycles. The van der Waals surface area contributed by atoms with Crippen molar-refractivity contribution in [1.82, 2.24) is 0 Å². The lowest BCUT2D eigenvalue weighted by Crippen LogP contribution is -2.25. The van der Waals surface area contributed by atoms with E-state index in [4.69, 9.17) is 21.7 Å². The quantitative estimate of drug-likeness (QED) is 0.430. The van der Waals surface area contributed by atoms with Crippen molar-refractivity contribution in [3.63, 3.8) is 0 Å². The van der Waals surface area contributed by atoms with Gasteiger partial charge in [0.25, 0.3) is 0 Å². The molecule has 0 amide bonds. The van der Waals surface area contributed by atoms with E-state index < -0.39 is 11.9 Å². The van der Waals surface area contributed by atoms with E-state index in [2.05, 4.69) is 27.7 Å². The minimum atomic E-state index is -0.763. The van der Waals surface area contributed by atoms with Gasteiger partial charge in [-0.15, -0.1) is 0 Å². The summed E-state index contributed by atoms with van der Waals surface area (Å²) in [6.07, 6.45) is 5.81. The first-order valence-corrected chi connectivity index (χ1v) is 9.08. The van der Waals surface area contributed by atoms with E-state index in [1.54, 1.807) is 0 Å². The van der Waals surface area contributed by atoms with E-state index in [0.29, 0.717) is 24.7 Å². The molecule has 0 bridgehead atoms. The van der Waals surface area contributed by atoms with E-state index in [-0.39, 0.29) is 24.9 Å². The van der Waals surface area contributed by atoms with Crippen LogP contribution in [0.2, 0.25) is 0 Å². The molecule has 144 valence electrons. The summed E-state index contributed by atoms with van der Waals surface area (Å²) in [5.74, 6) is -1.29. The van der Waals surface area contributed by atoms with Gasteiger partial charge in [-0.25, -0.2) is 0 Å². The lowest BCUT2D eigenvalue weighted by atomic mass is 9.93. The molecule has 0 unspecified atom stereocenters. The Morgan fingerprint density at radius 1 is 0.792 bits per heavy atom. The summed E-state index contributed by atoms with van der Waals surface area (Å²) in [4.78, 5) is 21.2. The molecular weight excluding hydrogens is 308 g/mol. The molecule has 0 heterocycles. The molecule has 6 N–H and O–H groups in total. The summed E-state index contributed by atoms with van der Waals surface area (Å²) in [6, 6.07) is 0. The lowest BCUT2D eigenvalue weighted by molar-refractivity contribution is -0.142. The average Bonchev–Trinajstić information content (AvgIpc) is 2.50. The maximum absolute atomic E-state index is 10.6. The van der Waals surface area contributed by atoms with Crippen molar-refractivity contribution in [3.05, 3.63) is 0 Å². The van der Waals surface area contributed by atoms with E-state index in [1.807, 2.05) is 0 Å². The third-order valence-electron chi connectivity index (χ3n) is 4.20. The maximum atomic E-state index is 10.6. The van der Waals surface area contributed by atoms with Gasteiger partial charge in [0.15, 0.2) is 0 Å². The van der Waals surface area contributed by atoms with Gasteiger partial charge in [-0.05, 0) is 24.7 Å². The fraction of sp³-hybridized carbons (Fsp3) is 0.889. The van der Waals surface area contributed by atoms with Gasteiger partial charge in [0.05, 0.1) is 11.8 Å². The second kappa shape index (κ2) is 15.4. The Balaban J connectivity index is 0. The van der Waals surface area contributed by atoms with Gasteiger partial charge in [-0.3, -0.25) is 9.59 Å². The fourth-order valence-electron chi connectivity index (χ4n) is 2.79. The van der Waals surface area contributed by atoms with Gasteiger partial charge in [-0.1, -0.05) is 53.4 Å². The standard InChI is InChI=1S/2C9H19NO2/c2*1-3-4-7(2)5-8(6-10)9(11)12/h2*7-8H,3-6,10H2,1-2H3,(H,11,12)/t7-,8+;7-,8-/m01/s1. The first kappa shape index (κ1) is 25.1. The molecule has 0 aromatic rings. The van der Waals surface area contributed by atoms with Gasteiger partial charge in [0.1, 0.15) is 0 Å². The number of hydrogen-bond acceptors (Lipinski definition) is 4. The van der Waals surface area contributed by atoms with Gasteiger partial charge < -0.3 is 21.7 Å². The summed E-state index contributed by atoms with van der Waals surface area (Å²) in [5.41, 5.74) is 10.7. The van der Waals surface area contributed by atoms with Crippen molar-refractivity contribution in [3.8, 4) is 0 Å². The monoisotopic (exact) mass is 346 g/mol. The van der Waals surface area contributed by atoms with Crippen LogP contribution < -0.4 is 11.5 Å². The SMILES string of the molecule is CCC[C@@H](C)C[C@H](CN)C(=O)O.CCC[C@H](C)C[C@H](CN)C(=O)O. The predicted molar refractivity (Wildman–Crippen MR) is 97.7 cm³/mol. The van der Waals surface area contributed by atoms with E-state index >= 15 is 0 Å². The maximum Gasteiger partial charge on any atom is 0.307 e. The molecule has 0 radical (unpaired) electrons. The van der Waals surface area contributed by atoms with E-state index in [1.165, 1.54) is 0 Å². The molecule has 0 spiro atoms. The minimum Gasteiger partial charge on any atom is -0.481 e. The van der Waals surface area contributed by atoms with Crippen LogP contribution in [0.15, 0.2) is 0 Å². The van der Waals surface area contributed by atoms with Crippen LogP contribution in [-0.2, 0) is 9.59 Å². The zero-order chi connectivity index (χ0) is 19.1. The molecule has 0 fully saturated rings. The lowest BCUT2D eigenvalue weighted by Gasteiger charge is -2.14. The normalized spacial score (nSPS) is 15.6. The molecule has 6 nitrogen and oxygen atoms in total. The number of aliphatic carboxylic acids is 2. The summed E-state index contributed by atoms with van der Waals surface area (Å²) in [5, 5.41) is 17.4. The van der Waals surface area contributed by atoms with Gasteiger partial charge in [0.2, 0.25) is 0 Å². The molecule has 0 aliphatic rings. The number of carboxylic acids is 2. The second-order valence-corrected chi connectivity index (χ2v) is 6.80. The van der Waals surface area contributed by atoms with Gasteiger partial charge in [0, 0.05) is 13.1 Å². The first-order chi connectivity index (χ1) is 11.2. The Labute approximate surface area is 147 Å². The van der Waals surface area contributed by atoms with E-state index in [9.17, 15) is 9.59 Å². The van der Waals surface area contributed by atoms with Crippen molar-refractivity contribution < 1.29 is 19.8 Å². The minimum absolute atomic E-state index is 0.253. The largest absolute Gasteiger partial charge is 0.481 e. The zero-order valence-electron chi connectivity index (χ0n) is 15.8. The Morgan fingerprint density at radius 3 is 1.25 bits per heavy atom. The number of rotatable bonds is 12. The van der Waals surface area contributed by atoms with Crippen LogP contribution in [0.3, 0.4) is 0 Å². The Kier molecular flexibility index (Phi) is 16.1. The second-order valence-electron chi connectivity index (χ2n) is 6.80. The summed E-state index contributed by atoms with van der Waals surface area (Å²) in [6.45, 7) is 8.88. The van der Waals surface area contributed by atoms with Crippen LogP contribution in [0.25, 0.3) is 0 Å².